The minimum absolute atomic E-state index is 0.914. The SMILES string of the molecule is Cc1[nH]cnc1CSCCNCc1cccc2[nH]ccc12. The Labute approximate surface area is 128 Å². The lowest BCUT2D eigenvalue weighted by Crippen LogP contribution is -2.16. The highest BCUT2D eigenvalue weighted by atomic mass is 32.2. The smallest absolute Gasteiger partial charge is 0.0925 e. The van der Waals surface area contributed by atoms with Crippen molar-refractivity contribution in [3.63, 3.8) is 0 Å². The number of aryl methyl sites for hydroxylation is 1. The maximum atomic E-state index is 4.31. The Kier molecular flexibility index (Phi) is 4.62. The quantitative estimate of drug-likeness (QED) is 0.587. The number of nitrogens with one attached hydrogen (secondary N) is 3. The second-order valence-electron chi connectivity index (χ2n) is 5.06. The highest BCUT2D eigenvalue weighted by Crippen LogP contribution is 2.17. The van der Waals surface area contributed by atoms with Gasteiger partial charge in [-0.2, -0.15) is 11.8 Å². The van der Waals surface area contributed by atoms with Gasteiger partial charge in [0.1, 0.15) is 0 Å². The standard InChI is InChI=1S/C16H20N4S/c1-12-16(20-11-19-12)10-21-8-7-17-9-13-3-2-4-15-14(13)5-6-18-15/h2-6,11,17-18H,7-10H2,1H3,(H,19,20). The largest absolute Gasteiger partial charge is 0.361 e. The summed E-state index contributed by atoms with van der Waals surface area (Å²) < 4.78 is 0. The first-order valence-corrected chi connectivity index (χ1v) is 8.32. The molecule has 0 amide bonds. The average Bonchev–Trinajstić information content (AvgIpc) is 3.12. The highest BCUT2D eigenvalue weighted by Gasteiger charge is 2.02. The fraction of sp³-hybridized carbons (Fsp3) is 0.312. The van der Waals surface area contributed by atoms with E-state index in [1.54, 1.807) is 6.33 Å². The summed E-state index contributed by atoms with van der Waals surface area (Å²) in [5, 5.41) is 4.83. The molecule has 3 aromatic rings. The van der Waals surface area contributed by atoms with Crippen molar-refractivity contribution < 1.29 is 0 Å². The van der Waals surface area contributed by atoms with Crippen LogP contribution in [0, 0.1) is 6.92 Å². The van der Waals surface area contributed by atoms with Crippen LogP contribution in [-0.4, -0.2) is 27.2 Å². The molecule has 0 spiro atoms. The van der Waals surface area contributed by atoms with Crippen LogP contribution in [0.15, 0.2) is 36.8 Å². The maximum Gasteiger partial charge on any atom is 0.0925 e. The van der Waals surface area contributed by atoms with Gasteiger partial charge in [-0.15, -0.1) is 0 Å². The summed E-state index contributed by atoms with van der Waals surface area (Å²) in [4.78, 5) is 10.7. The van der Waals surface area contributed by atoms with Gasteiger partial charge in [0.15, 0.2) is 0 Å². The molecule has 0 aliphatic heterocycles. The first kappa shape index (κ1) is 14.2. The van der Waals surface area contributed by atoms with E-state index in [1.807, 2.05) is 18.0 Å². The Bertz CT molecular complexity index is 701. The zero-order chi connectivity index (χ0) is 14.5. The van der Waals surface area contributed by atoms with Gasteiger partial charge in [-0.25, -0.2) is 4.98 Å². The zero-order valence-corrected chi connectivity index (χ0v) is 13.0. The highest BCUT2D eigenvalue weighted by molar-refractivity contribution is 7.98. The number of aromatic amines is 2. The Morgan fingerprint density at radius 3 is 3.05 bits per heavy atom. The van der Waals surface area contributed by atoms with Crippen molar-refractivity contribution in [2.45, 2.75) is 19.2 Å². The van der Waals surface area contributed by atoms with Gasteiger partial charge in [-0.3, -0.25) is 0 Å². The third kappa shape index (κ3) is 3.49. The molecule has 0 saturated heterocycles. The Morgan fingerprint density at radius 2 is 2.19 bits per heavy atom. The number of nitrogens with zero attached hydrogens (tertiary/aromatic N) is 1. The van der Waals surface area contributed by atoms with Gasteiger partial charge in [0.05, 0.1) is 12.0 Å². The molecule has 4 nitrogen and oxygen atoms in total. The molecule has 5 heteroatoms. The van der Waals surface area contributed by atoms with Crippen LogP contribution in [0.2, 0.25) is 0 Å². The third-order valence-electron chi connectivity index (χ3n) is 3.60. The molecule has 0 radical (unpaired) electrons. The Balaban J connectivity index is 1.40. The normalized spacial score (nSPS) is 11.3. The number of hydrogen-bond donors (Lipinski definition) is 3. The predicted molar refractivity (Wildman–Crippen MR) is 89.5 cm³/mol. The number of aromatic nitrogens is 3. The van der Waals surface area contributed by atoms with Crippen molar-refractivity contribution in [3.8, 4) is 0 Å². The van der Waals surface area contributed by atoms with E-state index in [0.717, 1.165) is 30.3 Å². The van der Waals surface area contributed by atoms with Crippen molar-refractivity contribution in [2.24, 2.45) is 0 Å². The first-order valence-electron chi connectivity index (χ1n) is 7.17. The van der Waals surface area contributed by atoms with Crippen molar-refractivity contribution in [1.82, 2.24) is 20.3 Å². The van der Waals surface area contributed by atoms with Crippen molar-refractivity contribution in [1.29, 1.82) is 0 Å². The van der Waals surface area contributed by atoms with Crippen LogP contribution in [0.3, 0.4) is 0 Å². The van der Waals surface area contributed by atoms with Gasteiger partial charge < -0.3 is 15.3 Å². The summed E-state index contributed by atoms with van der Waals surface area (Å²) in [7, 11) is 0. The summed E-state index contributed by atoms with van der Waals surface area (Å²) in [5.74, 6) is 2.07. The molecule has 21 heavy (non-hydrogen) atoms. The van der Waals surface area contributed by atoms with Gasteiger partial charge in [-0.05, 0) is 24.6 Å². The number of H-pyrrole nitrogens is 2. The molecule has 0 saturated carbocycles. The summed E-state index contributed by atoms with van der Waals surface area (Å²) in [6.45, 7) is 3.99. The molecule has 0 bridgehead atoms. The lowest BCUT2D eigenvalue weighted by molar-refractivity contribution is 0.736. The molecule has 3 N–H and O–H groups in total. The summed E-state index contributed by atoms with van der Waals surface area (Å²) in [5.41, 5.74) is 4.89. The molecule has 0 atom stereocenters. The number of benzene rings is 1. The van der Waals surface area contributed by atoms with Gasteiger partial charge >= 0.3 is 0 Å². The van der Waals surface area contributed by atoms with Crippen LogP contribution >= 0.6 is 11.8 Å². The van der Waals surface area contributed by atoms with Crippen LogP contribution in [-0.2, 0) is 12.3 Å². The van der Waals surface area contributed by atoms with Gasteiger partial charge in [0, 0.05) is 47.4 Å². The first-order chi connectivity index (χ1) is 10.3. The summed E-state index contributed by atoms with van der Waals surface area (Å²) >= 11 is 1.91. The van der Waals surface area contributed by atoms with E-state index >= 15 is 0 Å². The molecule has 1 aromatic carbocycles. The molecular weight excluding hydrogens is 280 g/mol. The van der Waals surface area contributed by atoms with E-state index in [-0.39, 0.29) is 0 Å². The number of imidazole rings is 1. The van der Waals surface area contributed by atoms with E-state index < -0.39 is 0 Å². The van der Waals surface area contributed by atoms with Crippen LogP contribution in [0.4, 0.5) is 0 Å². The van der Waals surface area contributed by atoms with Gasteiger partial charge in [0.2, 0.25) is 0 Å². The van der Waals surface area contributed by atoms with E-state index in [9.17, 15) is 0 Å². The van der Waals surface area contributed by atoms with Crippen molar-refractivity contribution in [2.75, 3.05) is 12.3 Å². The summed E-state index contributed by atoms with van der Waals surface area (Å²) in [6, 6.07) is 8.54. The number of rotatable bonds is 7. The number of fused-ring (bicyclic) bond motifs is 1. The lowest BCUT2D eigenvalue weighted by atomic mass is 10.1. The minimum Gasteiger partial charge on any atom is -0.361 e. The maximum absolute atomic E-state index is 4.31. The molecule has 3 rings (SSSR count). The fourth-order valence-corrected chi connectivity index (χ4v) is 3.29. The van der Waals surface area contributed by atoms with Crippen LogP contribution in [0.1, 0.15) is 17.0 Å². The zero-order valence-electron chi connectivity index (χ0n) is 12.1. The molecule has 0 aliphatic rings. The molecule has 0 fully saturated rings. The fourth-order valence-electron chi connectivity index (χ4n) is 2.37. The Morgan fingerprint density at radius 1 is 1.24 bits per heavy atom. The van der Waals surface area contributed by atoms with Crippen LogP contribution in [0.25, 0.3) is 10.9 Å². The molecule has 2 aromatic heterocycles. The number of hydrogen-bond acceptors (Lipinski definition) is 3. The van der Waals surface area contributed by atoms with Crippen LogP contribution < -0.4 is 5.32 Å². The van der Waals surface area contributed by atoms with E-state index in [1.165, 1.54) is 22.2 Å². The van der Waals surface area contributed by atoms with E-state index in [2.05, 4.69) is 51.5 Å². The Hall–Kier alpha value is -1.72. The molecule has 110 valence electrons. The topological polar surface area (TPSA) is 56.5 Å². The summed E-state index contributed by atoms with van der Waals surface area (Å²) in [6.07, 6.45) is 3.76. The second kappa shape index (κ2) is 6.83. The number of thioether (sulfide) groups is 1. The molecular formula is C16H20N4S. The van der Waals surface area contributed by atoms with Crippen molar-refractivity contribution in [3.05, 3.63) is 53.7 Å². The molecule has 0 aliphatic carbocycles. The van der Waals surface area contributed by atoms with Crippen molar-refractivity contribution >= 4 is 22.7 Å². The predicted octanol–water partition coefficient (Wildman–Crippen LogP) is 3.22. The lowest BCUT2D eigenvalue weighted by Gasteiger charge is -2.06. The second-order valence-corrected chi connectivity index (χ2v) is 6.16. The molecule has 2 heterocycles. The molecule has 0 unspecified atom stereocenters. The third-order valence-corrected chi connectivity index (χ3v) is 4.57. The monoisotopic (exact) mass is 300 g/mol. The van der Waals surface area contributed by atoms with Crippen LogP contribution in [0.5, 0.6) is 0 Å². The average molecular weight is 300 g/mol. The minimum atomic E-state index is 0.914. The van der Waals surface area contributed by atoms with Gasteiger partial charge in [0.25, 0.3) is 0 Å². The van der Waals surface area contributed by atoms with Gasteiger partial charge in [-0.1, -0.05) is 12.1 Å². The van der Waals surface area contributed by atoms with E-state index in [0.29, 0.717) is 0 Å². The van der Waals surface area contributed by atoms with E-state index in [4.69, 9.17) is 0 Å².